The van der Waals surface area contributed by atoms with E-state index in [9.17, 15) is 0 Å². The average Bonchev–Trinajstić information content (AvgIpc) is 2.87. The molecule has 21 heavy (non-hydrogen) atoms. The molecule has 0 saturated heterocycles. The van der Waals surface area contributed by atoms with Crippen molar-refractivity contribution in [3.05, 3.63) is 46.5 Å². The van der Waals surface area contributed by atoms with E-state index < -0.39 is 0 Å². The predicted octanol–water partition coefficient (Wildman–Crippen LogP) is 4.55. The van der Waals surface area contributed by atoms with Crippen LogP contribution in [0.1, 0.15) is 20.8 Å². The van der Waals surface area contributed by atoms with Gasteiger partial charge in [-0.25, -0.2) is 9.67 Å². The second-order valence-corrected chi connectivity index (χ2v) is 6.49. The van der Waals surface area contributed by atoms with Gasteiger partial charge in [-0.05, 0) is 29.2 Å². The van der Waals surface area contributed by atoms with Crippen LogP contribution in [0.5, 0.6) is 5.75 Å². The standard InChI is InChI=1S/C15H17Cl2N3O/c1-15(2,3)11(7-20-10-18-9-19-20)8-21-14-5-4-12(16)6-13(14)17/h4-7,9-10H,8H2,1-3H3. The molecule has 0 aliphatic carbocycles. The van der Waals surface area contributed by atoms with E-state index in [1.807, 2.05) is 6.20 Å². The van der Waals surface area contributed by atoms with Crippen LogP contribution in [0.2, 0.25) is 10.0 Å². The normalized spacial score (nSPS) is 12.5. The minimum atomic E-state index is -0.0646. The second kappa shape index (κ2) is 6.50. The lowest BCUT2D eigenvalue weighted by atomic mass is 9.87. The molecule has 4 nitrogen and oxygen atoms in total. The molecule has 0 aliphatic heterocycles. The number of hydrogen-bond donors (Lipinski definition) is 0. The number of aromatic nitrogens is 3. The zero-order valence-electron chi connectivity index (χ0n) is 12.2. The Kier molecular flexibility index (Phi) is 4.91. The zero-order valence-corrected chi connectivity index (χ0v) is 13.7. The number of benzene rings is 1. The Morgan fingerprint density at radius 3 is 2.67 bits per heavy atom. The summed E-state index contributed by atoms with van der Waals surface area (Å²) in [7, 11) is 0. The Labute approximate surface area is 134 Å². The van der Waals surface area contributed by atoms with E-state index in [-0.39, 0.29) is 5.41 Å². The monoisotopic (exact) mass is 325 g/mol. The van der Waals surface area contributed by atoms with E-state index >= 15 is 0 Å². The topological polar surface area (TPSA) is 39.9 Å². The van der Waals surface area contributed by atoms with Gasteiger partial charge in [-0.1, -0.05) is 44.0 Å². The van der Waals surface area contributed by atoms with Gasteiger partial charge in [0.05, 0.1) is 5.02 Å². The summed E-state index contributed by atoms with van der Waals surface area (Å²) in [5.74, 6) is 0.606. The lowest BCUT2D eigenvalue weighted by Gasteiger charge is -2.23. The molecular formula is C15H17Cl2N3O. The minimum absolute atomic E-state index is 0.0646. The van der Waals surface area contributed by atoms with Gasteiger partial charge in [-0.15, -0.1) is 0 Å². The first-order valence-corrected chi connectivity index (χ1v) is 7.25. The maximum atomic E-state index is 6.11. The summed E-state index contributed by atoms with van der Waals surface area (Å²) < 4.78 is 7.47. The molecule has 1 heterocycles. The highest BCUT2D eigenvalue weighted by Crippen LogP contribution is 2.30. The third-order valence-electron chi connectivity index (χ3n) is 2.97. The molecule has 2 rings (SSSR count). The van der Waals surface area contributed by atoms with Crippen molar-refractivity contribution in [2.75, 3.05) is 6.61 Å². The first-order valence-electron chi connectivity index (χ1n) is 6.49. The largest absolute Gasteiger partial charge is 0.488 e. The molecule has 1 aromatic carbocycles. The molecule has 0 N–H and O–H groups in total. The molecule has 0 fully saturated rings. The van der Waals surface area contributed by atoms with Gasteiger partial charge < -0.3 is 4.74 Å². The molecule has 0 amide bonds. The molecule has 0 atom stereocenters. The van der Waals surface area contributed by atoms with Crippen molar-refractivity contribution in [1.29, 1.82) is 0 Å². The van der Waals surface area contributed by atoms with Gasteiger partial charge >= 0.3 is 0 Å². The van der Waals surface area contributed by atoms with Gasteiger partial charge in [-0.2, -0.15) is 5.10 Å². The summed E-state index contributed by atoms with van der Waals surface area (Å²) in [6.07, 6.45) is 5.05. The van der Waals surface area contributed by atoms with Crippen LogP contribution in [0, 0.1) is 5.41 Å². The maximum absolute atomic E-state index is 6.11. The van der Waals surface area contributed by atoms with Crippen molar-refractivity contribution in [1.82, 2.24) is 14.8 Å². The third kappa shape index (κ3) is 4.48. The molecule has 2 aromatic rings. The fraction of sp³-hybridized carbons (Fsp3) is 0.333. The molecule has 112 valence electrons. The summed E-state index contributed by atoms with van der Waals surface area (Å²) in [6, 6.07) is 5.18. The highest BCUT2D eigenvalue weighted by Gasteiger charge is 2.18. The van der Waals surface area contributed by atoms with Gasteiger partial charge in [0.2, 0.25) is 0 Å². The van der Waals surface area contributed by atoms with E-state index in [1.165, 1.54) is 6.33 Å². The maximum Gasteiger partial charge on any atom is 0.138 e. The van der Waals surface area contributed by atoms with Gasteiger partial charge in [0.15, 0.2) is 0 Å². The minimum Gasteiger partial charge on any atom is -0.488 e. The molecule has 1 aromatic heterocycles. The van der Waals surface area contributed by atoms with Crippen LogP contribution < -0.4 is 4.74 Å². The van der Waals surface area contributed by atoms with Crippen LogP contribution in [0.25, 0.3) is 6.20 Å². The molecule has 0 radical (unpaired) electrons. The fourth-order valence-electron chi connectivity index (χ4n) is 1.64. The Morgan fingerprint density at radius 2 is 2.10 bits per heavy atom. The smallest absolute Gasteiger partial charge is 0.138 e. The number of ether oxygens (including phenoxy) is 1. The molecular weight excluding hydrogens is 309 g/mol. The van der Waals surface area contributed by atoms with Crippen molar-refractivity contribution in [3.8, 4) is 5.75 Å². The van der Waals surface area contributed by atoms with Crippen LogP contribution in [0.4, 0.5) is 0 Å². The van der Waals surface area contributed by atoms with Crippen LogP contribution in [-0.4, -0.2) is 21.4 Å². The molecule has 0 unspecified atom stereocenters. The summed E-state index contributed by atoms with van der Waals surface area (Å²) in [4.78, 5) is 3.93. The lowest BCUT2D eigenvalue weighted by Crippen LogP contribution is -2.17. The van der Waals surface area contributed by atoms with Gasteiger partial charge in [0.25, 0.3) is 0 Å². The van der Waals surface area contributed by atoms with Crippen molar-refractivity contribution < 1.29 is 4.74 Å². The van der Waals surface area contributed by atoms with Crippen LogP contribution in [0.15, 0.2) is 36.4 Å². The number of nitrogens with zero attached hydrogens (tertiary/aromatic N) is 3. The van der Waals surface area contributed by atoms with E-state index in [0.717, 1.165) is 5.57 Å². The first-order chi connectivity index (χ1) is 9.86. The number of rotatable bonds is 4. The highest BCUT2D eigenvalue weighted by molar-refractivity contribution is 6.35. The number of halogens is 2. The highest BCUT2D eigenvalue weighted by atomic mass is 35.5. The Hall–Kier alpha value is -1.52. The first kappa shape index (κ1) is 15.9. The SMILES string of the molecule is CC(C)(C)C(=Cn1cncn1)COc1ccc(Cl)cc1Cl. The third-order valence-corrected chi connectivity index (χ3v) is 3.50. The van der Waals surface area contributed by atoms with Gasteiger partial charge in [0.1, 0.15) is 25.0 Å². The Bertz CT molecular complexity index is 631. The molecule has 0 bridgehead atoms. The van der Waals surface area contributed by atoms with Crippen molar-refractivity contribution in [2.24, 2.45) is 5.41 Å². The zero-order chi connectivity index (χ0) is 15.5. The van der Waals surface area contributed by atoms with E-state index in [2.05, 4.69) is 30.9 Å². The molecule has 0 aliphatic rings. The van der Waals surface area contributed by atoms with Crippen LogP contribution in [0.3, 0.4) is 0 Å². The van der Waals surface area contributed by atoms with E-state index in [1.54, 1.807) is 29.2 Å². The summed E-state index contributed by atoms with van der Waals surface area (Å²) in [5, 5.41) is 5.17. The average molecular weight is 326 g/mol. The van der Waals surface area contributed by atoms with Gasteiger partial charge in [0, 0.05) is 11.2 Å². The van der Waals surface area contributed by atoms with Crippen molar-refractivity contribution >= 4 is 29.4 Å². The van der Waals surface area contributed by atoms with Gasteiger partial charge in [-0.3, -0.25) is 0 Å². The second-order valence-electron chi connectivity index (χ2n) is 5.64. The number of hydrogen-bond acceptors (Lipinski definition) is 3. The quantitative estimate of drug-likeness (QED) is 0.827. The summed E-state index contributed by atoms with van der Waals surface area (Å²) in [6.45, 7) is 6.75. The molecule has 0 saturated carbocycles. The lowest BCUT2D eigenvalue weighted by molar-refractivity contribution is 0.316. The Balaban J connectivity index is 2.17. The molecule has 0 spiro atoms. The van der Waals surface area contributed by atoms with Crippen molar-refractivity contribution in [3.63, 3.8) is 0 Å². The predicted molar refractivity (Wildman–Crippen MR) is 85.7 cm³/mol. The summed E-state index contributed by atoms with van der Waals surface area (Å²) in [5.41, 5.74) is 1.00. The van der Waals surface area contributed by atoms with Crippen LogP contribution in [-0.2, 0) is 0 Å². The molecule has 6 heteroatoms. The van der Waals surface area contributed by atoms with Crippen molar-refractivity contribution in [2.45, 2.75) is 20.8 Å². The van der Waals surface area contributed by atoms with Crippen LogP contribution >= 0.6 is 23.2 Å². The fourth-order valence-corrected chi connectivity index (χ4v) is 2.10. The Morgan fingerprint density at radius 1 is 1.33 bits per heavy atom. The summed E-state index contributed by atoms with van der Waals surface area (Å²) >= 11 is 12.0. The van der Waals surface area contributed by atoms with E-state index in [0.29, 0.717) is 22.4 Å². The van der Waals surface area contributed by atoms with E-state index in [4.69, 9.17) is 27.9 Å².